The second-order valence-electron chi connectivity index (χ2n) is 9.00. The van der Waals surface area contributed by atoms with Crippen LogP contribution in [0.15, 0.2) is 48.5 Å². The molecule has 0 aromatic heterocycles. The summed E-state index contributed by atoms with van der Waals surface area (Å²) in [6.07, 6.45) is 0.108. The molecule has 5 rings (SSSR count). The van der Waals surface area contributed by atoms with Crippen LogP contribution in [0.4, 0.5) is 23.7 Å². The first-order valence-corrected chi connectivity index (χ1v) is 11.9. The molecule has 1 unspecified atom stereocenters. The quantitative estimate of drug-likeness (QED) is 0.414. The largest absolute Gasteiger partial charge is 0.573 e. The van der Waals surface area contributed by atoms with Gasteiger partial charge in [0.2, 0.25) is 0 Å². The van der Waals surface area contributed by atoms with Crippen LogP contribution in [0, 0.1) is 0 Å². The number of carbonyl (C=O) groups excluding carboxylic acids is 1. The van der Waals surface area contributed by atoms with E-state index in [0.29, 0.717) is 10.6 Å². The molecule has 1 aliphatic heterocycles. The Hall–Kier alpha value is -2.12. The monoisotopic (exact) mass is 498 g/mol. The summed E-state index contributed by atoms with van der Waals surface area (Å²) in [5.41, 5.74) is 0.764. The highest BCUT2D eigenvalue weighted by Crippen LogP contribution is 2.56. The second kappa shape index (κ2) is 8.27. The summed E-state index contributed by atoms with van der Waals surface area (Å²) >= 11 is 12.6. The molecule has 33 heavy (non-hydrogen) atoms. The predicted molar refractivity (Wildman–Crippen MR) is 121 cm³/mol. The molecule has 1 heterocycles. The van der Waals surface area contributed by atoms with Crippen LogP contribution in [0.1, 0.15) is 50.1 Å². The topological polar surface area (TPSA) is 32.8 Å². The Bertz CT molecular complexity index is 1040. The summed E-state index contributed by atoms with van der Waals surface area (Å²) in [6, 6.07) is 12.4. The molecule has 1 spiro atoms. The van der Waals surface area contributed by atoms with E-state index in [0.717, 1.165) is 44.2 Å². The van der Waals surface area contributed by atoms with Crippen LogP contribution in [-0.2, 0) is 0 Å². The molecule has 3 fully saturated rings. The Morgan fingerprint density at radius 1 is 1.03 bits per heavy atom. The number of hydrogen-bond acceptors (Lipinski definition) is 2. The Morgan fingerprint density at radius 3 is 2.30 bits per heavy atom. The van der Waals surface area contributed by atoms with Gasteiger partial charge in [-0.05, 0) is 67.6 Å². The number of nitrogens with zero attached hydrogens (tertiary/aromatic N) is 2. The van der Waals surface area contributed by atoms with Crippen LogP contribution in [0.2, 0.25) is 5.02 Å². The number of urea groups is 1. The number of alkyl halides is 4. The highest BCUT2D eigenvalue weighted by atomic mass is 35.5. The van der Waals surface area contributed by atoms with Crippen LogP contribution >= 0.6 is 23.2 Å². The molecule has 2 aliphatic carbocycles. The molecule has 0 bridgehead atoms. The van der Waals surface area contributed by atoms with Crippen molar-refractivity contribution in [2.75, 3.05) is 4.90 Å². The van der Waals surface area contributed by atoms with Crippen LogP contribution in [0.5, 0.6) is 5.75 Å². The molecule has 4 nitrogen and oxygen atoms in total. The summed E-state index contributed by atoms with van der Waals surface area (Å²) in [4.78, 5) is 17.6. The van der Waals surface area contributed by atoms with E-state index in [1.165, 1.54) is 12.1 Å². The van der Waals surface area contributed by atoms with E-state index in [2.05, 4.69) is 4.74 Å². The van der Waals surface area contributed by atoms with Crippen molar-refractivity contribution in [1.82, 2.24) is 4.90 Å². The van der Waals surface area contributed by atoms with Crippen molar-refractivity contribution in [3.05, 3.63) is 59.1 Å². The molecule has 2 aromatic rings. The molecular weight excluding hydrogens is 476 g/mol. The number of ether oxygens (including phenoxy) is 1. The Labute approximate surface area is 200 Å². The predicted octanol–water partition coefficient (Wildman–Crippen LogP) is 7.30. The number of hydrogen-bond donors (Lipinski definition) is 0. The fourth-order valence-corrected chi connectivity index (χ4v) is 6.18. The summed E-state index contributed by atoms with van der Waals surface area (Å²) < 4.78 is 43.0. The summed E-state index contributed by atoms with van der Waals surface area (Å²) in [5, 5.41) is 0.380. The number of anilines is 1. The Kier molecular flexibility index (Phi) is 5.68. The van der Waals surface area contributed by atoms with Gasteiger partial charge >= 0.3 is 12.4 Å². The maximum atomic E-state index is 14.0. The number of carbonyl (C=O) groups is 1. The fraction of sp³-hybridized carbons (Fsp3) is 0.458. The van der Waals surface area contributed by atoms with Crippen molar-refractivity contribution < 1.29 is 22.7 Å². The Morgan fingerprint density at radius 2 is 1.73 bits per heavy atom. The molecule has 2 amide bonds. The minimum absolute atomic E-state index is 0.165. The van der Waals surface area contributed by atoms with Gasteiger partial charge in [0.25, 0.3) is 0 Å². The van der Waals surface area contributed by atoms with Gasteiger partial charge < -0.3 is 9.64 Å². The number of benzene rings is 2. The zero-order valence-electron chi connectivity index (χ0n) is 17.7. The van der Waals surface area contributed by atoms with Gasteiger partial charge in [-0.15, -0.1) is 24.8 Å². The zero-order chi connectivity index (χ0) is 23.4. The van der Waals surface area contributed by atoms with Crippen molar-refractivity contribution in [2.45, 2.75) is 67.9 Å². The maximum Gasteiger partial charge on any atom is 0.573 e. The molecular formula is C24H23Cl2F3N2O2. The van der Waals surface area contributed by atoms with Crippen molar-refractivity contribution in [3.8, 4) is 5.75 Å². The third kappa shape index (κ3) is 3.93. The van der Waals surface area contributed by atoms with Crippen molar-refractivity contribution in [1.29, 1.82) is 0 Å². The molecule has 3 atom stereocenters. The van der Waals surface area contributed by atoms with E-state index < -0.39 is 17.9 Å². The summed E-state index contributed by atoms with van der Waals surface area (Å²) in [7, 11) is 0. The van der Waals surface area contributed by atoms with Gasteiger partial charge in [-0.2, -0.15) is 0 Å². The second-order valence-corrected chi connectivity index (χ2v) is 9.99. The minimum Gasteiger partial charge on any atom is -0.406 e. The molecule has 9 heteroatoms. The van der Waals surface area contributed by atoms with Crippen LogP contribution in [0.25, 0.3) is 0 Å². The number of halogens is 5. The number of amides is 2. The van der Waals surface area contributed by atoms with Crippen LogP contribution in [0.3, 0.4) is 0 Å². The van der Waals surface area contributed by atoms with Crippen molar-refractivity contribution in [3.63, 3.8) is 0 Å². The smallest absolute Gasteiger partial charge is 0.406 e. The van der Waals surface area contributed by atoms with E-state index in [-0.39, 0.29) is 23.2 Å². The lowest BCUT2D eigenvalue weighted by molar-refractivity contribution is -0.274. The third-order valence-electron chi connectivity index (χ3n) is 7.12. The van der Waals surface area contributed by atoms with Gasteiger partial charge in [0.15, 0.2) is 0 Å². The summed E-state index contributed by atoms with van der Waals surface area (Å²) in [5.74, 6) is -0.290. The van der Waals surface area contributed by atoms with Gasteiger partial charge in [-0.1, -0.05) is 36.6 Å². The van der Waals surface area contributed by atoms with Gasteiger partial charge in [0, 0.05) is 10.7 Å². The molecule has 0 radical (unpaired) electrons. The normalized spacial score (nSPS) is 26.7. The lowest BCUT2D eigenvalue weighted by atomic mass is 9.80. The van der Waals surface area contributed by atoms with E-state index in [1.54, 1.807) is 24.3 Å². The van der Waals surface area contributed by atoms with Gasteiger partial charge in [0.05, 0.1) is 23.0 Å². The fourth-order valence-electron chi connectivity index (χ4n) is 5.68. The van der Waals surface area contributed by atoms with Gasteiger partial charge in [-0.3, -0.25) is 4.90 Å². The van der Waals surface area contributed by atoms with E-state index in [1.807, 2.05) is 21.9 Å². The first kappa shape index (κ1) is 22.7. The van der Waals surface area contributed by atoms with E-state index >= 15 is 0 Å². The van der Waals surface area contributed by atoms with Crippen molar-refractivity contribution >= 4 is 34.9 Å². The van der Waals surface area contributed by atoms with E-state index in [9.17, 15) is 18.0 Å². The average molecular weight is 499 g/mol. The average Bonchev–Trinajstić information content (AvgIpc) is 3.31. The first-order chi connectivity index (χ1) is 15.7. The summed E-state index contributed by atoms with van der Waals surface area (Å²) in [6.45, 7) is 0. The molecule has 3 aliphatic rings. The van der Waals surface area contributed by atoms with Crippen LogP contribution in [-0.4, -0.2) is 34.3 Å². The molecule has 176 valence electrons. The van der Waals surface area contributed by atoms with E-state index in [4.69, 9.17) is 23.2 Å². The molecule has 2 saturated carbocycles. The highest BCUT2D eigenvalue weighted by molar-refractivity contribution is 6.30. The lowest BCUT2D eigenvalue weighted by Gasteiger charge is -2.44. The maximum absolute atomic E-state index is 14.0. The zero-order valence-corrected chi connectivity index (χ0v) is 19.2. The van der Waals surface area contributed by atoms with Crippen molar-refractivity contribution in [2.24, 2.45) is 0 Å². The molecule has 0 N–H and O–H groups in total. The Balaban J connectivity index is 1.64. The van der Waals surface area contributed by atoms with Gasteiger partial charge in [0.1, 0.15) is 5.75 Å². The van der Waals surface area contributed by atoms with Crippen LogP contribution < -0.4 is 9.64 Å². The third-order valence-corrected chi connectivity index (χ3v) is 7.88. The van der Waals surface area contributed by atoms with Gasteiger partial charge in [-0.25, -0.2) is 4.79 Å². The minimum atomic E-state index is -4.79. The lowest BCUT2D eigenvalue weighted by Crippen LogP contribution is -2.51. The highest BCUT2D eigenvalue weighted by Gasteiger charge is 2.61. The first-order valence-electron chi connectivity index (χ1n) is 11.1. The standard InChI is InChI=1S/C24H23Cl2F3N2O2/c25-16-6-8-17(9-7-16)31-22(32)30(20-11-10-19(20)26)21(23(31)12-1-2-13-23)15-4-3-5-18(14-15)33-24(27,28)29/h3-9,14,19-21H,1-2,10-13H2/t19-,20?,21-/m1/s1. The molecule has 2 aromatic carbocycles. The number of rotatable bonds is 4. The SMILES string of the molecule is O=C1N(C2CC[C@H]2Cl)[C@H](c2cccc(OC(F)(F)F)c2)C2(CCCC2)N1c1ccc(Cl)cc1. The molecule has 1 saturated heterocycles.